The standard InChI is InChI=1S/C24H27N3O3S2/c1-4-12-27-21-15-17(2)18(3)16-22(21)31-24(27)25-23(28)19-8-10-20(11-9-19)32(29,30)26-13-6-5-7-14-26/h4,8-11,15-16H,1,5-7,12-14H2,2-3H3. The molecule has 168 valence electrons. The second-order valence-corrected chi connectivity index (χ2v) is 11.0. The van der Waals surface area contributed by atoms with Crippen molar-refractivity contribution in [1.82, 2.24) is 8.87 Å². The van der Waals surface area contributed by atoms with Gasteiger partial charge in [-0.1, -0.05) is 23.8 Å². The molecule has 1 fully saturated rings. The molecule has 32 heavy (non-hydrogen) atoms. The summed E-state index contributed by atoms with van der Waals surface area (Å²) in [6, 6.07) is 10.3. The molecule has 6 nitrogen and oxygen atoms in total. The van der Waals surface area contributed by atoms with Crippen LogP contribution >= 0.6 is 11.3 Å². The van der Waals surface area contributed by atoms with Gasteiger partial charge in [-0.2, -0.15) is 9.30 Å². The molecule has 0 unspecified atom stereocenters. The van der Waals surface area contributed by atoms with Crippen LogP contribution in [-0.4, -0.2) is 36.3 Å². The molecule has 0 saturated carbocycles. The summed E-state index contributed by atoms with van der Waals surface area (Å²) < 4.78 is 30.2. The predicted octanol–water partition coefficient (Wildman–Crippen LogP) is 4.42. The highest BCUT2D eigenvalue weighted by Crippen LogP contribution is 2.23. The number of benzene rings is 2. The molecule has 4 rings (SSSR count). The van der Waals surface area contributed by atoms with Crippen molar-refractivity contribution in [2.75, 3.05) is 13.1 Å². The van der Waals surface area contributed by atoms with Gasteiger partial charge in [-0.05, 0) is 74.2 Å². The molecule has 1 aliphatic heterocycles. The smallest absolute Gasteiger partial charge is 0.279 e. The first-order valence-electron chi connectivity index (χ1n) is 10.7. The monoisotopic (exact) mass is 469 g/mol. The number of hydrogen-bond donors (Lipinski definition) is 0. The lowest BCUT2D eigenvalue weighted by Gasteiger charge is -2.25. The Morgan fingerprint density at radius 2 is 1.75 bits per heavy atom. The first kappa shape index (κ1) is 22.6. The van der Waals surface area contributed by atoms with Crippen LogP contribution in [0.3, 0.4) is 0 Å². The summed E-state index contributed by atoms with van der Waals surface area (Å²) in [5, 5.41) is 0. The van der Waals surface area contributed by atoms with Crippen LogP contribution < -0.4 is 4.80 Å². The fraction of sp³-hybridized carbons (Fsp3) is 0.333. The predicted molar refractivity (Wildman–Crippen MR) is 128 cm³/mol. The van der Waals surface area contributed by atoms with E-state index < -0.39 is 15.9 Å². The third-order valence-corrected chi connectivity index (χ3v) is 8.82. The minimum Gasteiger partial charge on any atom is -0.312 e. The third kappa shape index (κ3) is 4.35. The quantitative estimate of drug-likeness (QED) is 0.519. The average Bonchev–Trinajstić information content (AvgIpc) is 3.10. The summed E-state index contributed by atoms with van der Waals surface area (Å²) >= 11 is 1.46. The number of sulfonamides is 1. The Hall–Kier alpha value is -2.55. The van der Waals surface area contributed by atoms with Crippen molar-refractivity contribution in [3.05, 3.63) is 70.5 Å². The fourth-order valence-electron chi connectivity index (χ4n) is 3.89. The van der Waals surface area contributed by atoms with Crippen LogP contribution in [0.2, 0.25) is 0 Å². The van der Waals surface area contributed by atoms with Crippen molar-refractivity contribution in [3.63, 3.8) is 0 Å². The number of piperidine rings is 1. The number of allylic oxidation sites excluding steroid dienone is 1. The zero-order valence-electron chi connectivity index (χ0n) is 18.4. The van der Waals surface area contributed by atoms with Gasteiger partial charge in [-0.25, -0.2) is 8.42 Å². The highest BCUT2D eigenvalue weighted by molar-refractivity contribution is 7.89. The number of amides is 1. The maximum atomic E-state index is 12.9. The van der Waals surface area contributed by atoms with Crippen LogP contribution in [0, 0.1) is 13.8 Å². The maximum absolute atomic E-state index is 12.9. The van der Waals surface area contributed by atoms with Gasteiger partial charge in [-0.3, -0.25) is 4.79 Å². The van der Waals surface area contributed by atoms with E-state index in [4.69, 9.17) is 0 Å². The zero-order chi connectivity index (χ0) is 22.9. The Morgan fingerprint density at radius 1 is 1.09 bits per heavy atom. The van der Waals surface area contributed by atoms with E-state index >= 15 is 0 Å². The van der Waals surface area contributed by atoms with Gasteiger partial charge in [0.1, 0.15) is 0 Å². The molecule has 3 aromatic rings. The number of carbonyl (C=O) groups is 1. The summed E-state index contributed by atoms with van der Waals surface area (Å²) in [5.74, 6) is -0.398. The lowest BCUT2D eigenvalue weighted by atomic mass is 10.1. The lowest BCUT2D eigenvalue weighted by molar-refractivity contribution is 0.0997. The Balaban J connectivity index is 1.67. The van der Waals surface area contributed by atoms with E-state index in [0.29, 0.717) is 30.0 Å². The van der Waals surface area contributed by atoms with E-state index in [1.807, 2.05) is 4.57 Å². The molecule has 0 spiro atoms. The van der Waals surface area contributed by atoms with Crippen molar-refractivity contribution in [2.45, 2.75) is 44.6 Å². The van der Waals surface area contributed by atoms with Crippen molar-refractivity contribution in [2.24, 2.45) is 4.99 Å². The number of carbonyl (C=O) groups excluding carboxylic acids is 1. The van der Waals surface area contributed by atoms with E-state index in [9.17, 15) is 13.2 Å². The van der Waals surface area contributed by atoms with Gasteiger partial charge in [0.05, 0.1) is 15.1 Å². The summed E-state index contributed by atoms with van der Waals surface area (Å²) in [7, 11) is -3.52. The second kappa shape index (κ2) is 9.13. The van der Waals surface area contributed by atoms with Crippen LogP contribution in [0.5, 0.6) is 0 Å². The Morgan fingerprint density at radius 3 is 2.41 bits per heavy atom. The van der Waals surface area contributed by atoms with E-state index in [1.54, 1.807) is 18.2 Å². The van der Waals surface area contributed by atoms with E-state index in [0.717, 1.165) is 29.5 Å². The van der Waals surface area contributed by atoms with Gasteiger partial charge in [0, 0.05) is 25.2 Å². The zero-order valence-corrected chi connectivity index (χ0v) is 20.0. The van der Waals surface area contributed by atoms with Crippen molar-refractivity contribution in [3.8, 4) is 0 Å². The molecule has 1 amide bonds. The Labute approximate surface area is 192 Å². The van der Waals surface area contributed by atoms with Gasteiger partial charge in [-0.15, -0.1) is 6.58 Å². The summed E-state index contributed by atoms with van der Waals surface area (Å²) in [6.45, 7) is 9.59. The number of aryl methyl sites for hydroxylation is 2. The van der Waals surface area contributed by atoms with Crippen LogP contribution in [0.15, 0.2) is 58.9 Å². The van der Waals surface area contributed by atoms with Gasteiger partial charge < -0.3 is 4.57 Å². The molecular formula is C24H27N3O3S2. The third-order valence-electron chi connectivity index (χ3n) is 5.86. The first-order valence-corrected chi connectivity index (χ1v) is 13.0. The molecule has 0 aliphatic carbocycles. The second-order valence-electron chi connectivity index (χ2n) is 8.09. The topological polar surface area (TPSA) is 71.7 Å². The molecular weight excluding hydrogens is 442 g/mol. The largest absolute Gasteiger partial charge is 0.312 e. The van der Waals surface area contributed by atoms with E-state index in [1.165, 1.54) is 38.9 Å². The van der Waals surface area contributed by atoms with Crippen LogP contribution in [0.25, 0.3) is 10.2 Å². The average molecular weight is 470 g/mol. The fourth-order valence-corrected chi connectivity index (χ4v) is 6.52. The molecule has 1 aliphatic rings. The normalized spacial score (nSPS) is 15.9. The SMILES string of the molecule is C=CCn1c(=NC(=O)c2ccc(S(=O)(=O)N3CCCCC3)cc2)sc2cc(C)c(C)cc21. The number of aromatic nitrogens is 1. The number of fused-ring (bicyclic) bond motifs is 1. The van der Waals surface area contributed by atoms with Gasteiger partial charge in [0.25, 0.3) is 5.91 Å². The maximum Gasteiger partial charge on any atom is 0.279 e. The first-order chi connectivity index (χ1) is 15.3. The molecule has 0 atom stereocenters. The summed E-state index contributed by atoms with van der Waals surface area (Å²) in [5.41, 5.74) is 3.74. The van der Waals surface area contributed by atoms with E-state index in [-0.39, 0.29) is 4.90 Å². The number of thiazole rings is 1. The minimum absolute atomic E-state index is 0.213. The molecule has 2 aromatic carbocycles. The number of nitrogens with zero attached hydrogens (tertiary/aromatic N) is 3. The molecule has 1 saturated heterocycles. The number of hydrogen-bond acceptors (Lipinski definition) is 4. The molecule has 0 N–H and O–H groups in total. The van der Waals surface area contributed by atoms with Crippen LogP contribution in [0.1, 0.15) is 40.7 Å². The lowest BCUT2D eigenvalue weighted by Crippen LogP contribution is -2.35. The van der Waals surface area contributed by atoms with E-state index in [2.05, 4.69) is 37.6 Å². The van der Waals surface area contributed by atoms with Crippen molar-refractivity contribution >= 4 is 37.5 Å². The molecule has 0 bridgehead atoms. The highest BCUT2D eigenvalue weighted by Gasteiger charge is 2.26. The summed E-state index contributed by atoms with van der Waals surface area (Å²) in [6.07, 6.45) is 4.61. The van der Waals surface area contributed by atoms with Crippen LogP contribution in [-0.2, 0) is 16.6 Å². The summed E-state index contributed by atoms with van der Waals surface area (Å²) in [4.78, 5) is 18.1. The molecule has 0 radical (unpaired) electrons. The Bertz CT molecular complexity index is 1340. The highest BCUT2D eigenvalue weighted by atomic mass is 32.2. The van der Waals surface area contributed by atoms with Crippen molar-refractivity contribution < 1.29 is 13.2 Å². The molecule has 1 aromatic heterocycles. The van der Waals surface area contributed by atoms with Gasteiger partial charge in [0.2, 0.25) is 10.0 Å². The number of rotatable bonds is 5. The molecule has 8 heteroatoms. The van der Waals surface area contributed by atoms with Gasteiger partial charge >= 0.3 is 0 Å². The van der Waals surface area contributed by atoms with Crippen molar-refractivity contribution in [1.29, 1.82) is 0 Å². The van der Waals surface area contributed by atoms with Crippen LogP contribution in [0.4, 0.5) is 0 Å². The van der Waals surface area contributed by atoms with Gasteiger partial charge in [0.15, 0.2) is 4.80 Å². The Kier molecular flexibility index (Phi) is 6.46. The molecule has 2 heterocycles. The minimum atomic E-state index is -3.52.